The van der Waals surface area contributed by atoms with Gasteiger partial charge in [0.2, 0.25) is 0 Å². The minimum Gasteiger partial charge on any atom is -0.462 e. The molecule has 0 unspecified atom stereocenters. The number of nitrogens with one attached hydrogen (secondary N) is 1. The predicted molar refractivity (Wildman–Crippen MR) is 82.9 cm³/mol. The average Bonchev–Trinajstić information content (AvgIpc) is 2.38. The minimum atomic E-state index is -0.382. The second-order valence-corrected chi connectivity index (χ2v) is 6.35. The van der Waals surface area contributed by atoms with Crippen LogP contribution in [0, 0.1) is 0 Å². The molecule has 0 amide bonds. The third-order valence-corrected chi connectivity index (χ3v) is 4.07. The first-order valence-corrected chi connectivity index (χ1v) is 7.47. The van der Waals surface area contributed by atoms with Gasteiger partial charge in [0.25, 0.3) is 0 Å². The van der Waals surface area contributed by atoms with Gasteiger partial charge in [-0.25, -0.2) is 4.79 Å². The standard InChI is InChI=1S/C14H22N2O2S/c1-5-18-13(17)11-8-10(6-7-12(11)15)16-9-14(2,3)19-4/h6-8,16H,5,9,15H2,1-4H3. The highest BCUT2D eigenvalue weighted by Crippen LogP contribution is 2.23. The largest absolute Gasteiger partial charge is 0.462 e. The Morgan fingerprint density at radius 2 is 2.16 bits per heavy atom. The summed E-state index contributed by atoms with van der Waals surface area (Å²) in [6.45, 7) is 7.25. The third-order valence-electron chi connectivity index (χ3n) is 2.82. The molecule has 0 saturated heterocycles. The summed E-state index contributed by atoms with van der Waals surface area (Å²) in [6, 6.07) is 5.33. The number of ether oxygens (including phenoxy) is 1. The number of esters is 1. The summed E-state index contributed by atoms with van der Waals surface area (Å²) in [6.07, 6.45) is 2.08. The fourth-order valence-electron chi connectivity index (χ4n) is 1.44. The van der Waals surface area contributed by atoms with E-state index in [1.54, 1.807) is 30.8 Å². The lowest BCUT2D eigenvalue weighted by molar-refractivity contribution is 0.0527. The highest BCUT2D eigenvalue weighted by molar-refractivity contribution is 7.99. The van der Waals surface area contributed by atoms with Gasteiger partial charge in [-0.05, 0) is 45.2 Å². The number of hydrogen-bond donors (Lipinski definition) is 2. The van der Waals surface area contributed by atoms with Crippen molar-refractivity contribution < 1.29 is 9.53 Å². The summed E-state index contributed by atoms with van der Waals surface area (Å²) in [5, 5.41) is 3.32. The van der Waals surface area contributed by atoms with Gasteiger partial charge in [-0.15, -0.1) is 0 Å². The molecule has 0 fully saturated rings. The molecule has 19 heavy (non-hydrogen) atoms. The first kappa shape index (κ1) is 15.7. The summed E-state index contributed by atoms with van der Waals surface area (Å²) in [4.78, 5) is 11.7. The second-order valence-electron chi connectivity index (χ2n) is 4.84. The highest BCUT2D eigenvalue weighted by atomic mass is 32.2. The van der Waals surface area contributed by atoms with E-state index >= 15 is 0 Å². The van der Waals surface area contributed by atoms with Gasteiger partial charge in [-0.3, -0.25) is 0 Å². The zero-order chi connectivity index (χ0) is 14.5. The molecule has 0 spiro atoms. The van der Waals surface area contributed by atoms with Gasteiger partial charge in [-0.2, -0.15) is 11.8 Å². The van der Waals surface area contributed by atoms with Crippen molar-refractivity contribution in [3.63, 3.8) is 0 Å². The fourth-order valence-corrected chi connectivity index (χ4v) is 1.66. The molecular formula is C14H22N2O2S. The zero-order valence-electron chi connectivity index (χ0n) is 11.9. The molecule has 0 aliphatic rings. The number of carbonyl (C=O) groups is 1. The van der Waals surface area contributed by atoms with Crippen LogP contribution in [0.2, 0.25) is 0 Å². The maximum absolute atomic E-state index is 11.7. The Balaban J connectivity index is 2.82. The van der Waals surface area contributed by atoms with Crippen molar-refractivity contribution in [1.82, 2.24) is 0 Å². The maximum Gasteiger partial charge on any atom is 0.340 e. The molecule has 0 aliphatic heterocycles. The van der Waals surface area contributed by atoms with Gasteiger partial charge in [0.15, 0.2) is 0 Å². The number of nitrogen functional groups attached to an aromatic ring is 1. The van der Waals surface area contributed by atoms with Crippen molar-refractivity contribution in [1.29, 1.82) is 0 Å². The quantitative estimate of drug-likeness (QED) is 0.620. The predicted octanol–water partition coefficient (Wildman–Crippen LogP) is 3.00. The monoisotopic (exact) mass is 282 g/mol. The minimum absolute atomic E-state index is 0.130. The van der Waals surface area contributed by atoms with Crippen LogP contribution in [0.1, 0.15) is 31.1 Å². The highest BCUT2D eigenvalue weighted by Gasteiger charge is 2.16. The van der Waals surface area contributed by atoms with Crippen LogP contribution in [-0.2, 0) is 4.74 Å². The second kappa shape index (κ2) is 6.70. The lowest BCUT2D eigenvalue weighted by atomic mass is 10.1. The van der Waals surface area contributed by atoms with Crippen molar-refractivity contribution in [3.05, 3.63) is 23.8 Å². The Morgan fingerprint density at radius 3 is 2.74 bits per heavy atom. The van der Waals surface area contributed by atoms with E-state index in [0.29, 0.717) is 17.9 Å². The molecule has 1 aromatic rings. The number of hydrogen-bond acceptors (Lipinski definition) is 5. The summed E-state index contributed by atoms with van der Waals surface area (Å²) >= 11 is 1.79. The van der Waals surface area contributed by atoms with Crippen LogP contribution in [0.5, 0.6) is 0 Å². The average molecular weight is 282 g/mol. The van der Waals surface area contributed by atoms with E-state index in [4.69, 9.17) is 10.5 Å². The summed E-state index contributed by atoms with van der Waals surface area (Å²) in [7, 11) is 0. The summed E-state index contributed by atoms with van der Waals surface area (Å²) in [5.41, 5.74) is 7.52. The SMILES string of the molecule is CCOC(=O)c1cc(NCC(C)(C)SC)ccc1N. The van der Waals surface area contributed by atoms with E-state index < -0.39 is 0 Å². The number of thioether (sulfide) groups is 1. The number of nitrogens with two attached hydrogens (primary N) is 1. The Morgan fingerprint density at radius 1 is 1.47 bits per heavy atom. The molecule has 0 saturated carbocycles. The third kappa shape index (κ3) is 4.67. The van der Waals surface area contributed by atoms with Crippen LogP contribution in [0.4, 0.5) is 11.4 Å². The number of carbonyl (C=O) groups excluding carboxylic acids is 1. The van der Waals surface area contributed by atoms with Crippen molar-refractivity contribution in [3.8, 4) is 0 Å². The van der Waals surface area contributed by atoms with Crippen LogP contribution in [-0.4, -0.2) is 30.1 Å². The van der Waals surface area contributed by atoms with Crippen LogP contribution in [0.3, 0.4) is 0 Å². The van der Waals surface area contributed by atoms with E-state index in [1.807, 2.05) is 6.07 Å². The first-order valence-electron chi connectivity index (χ1n) is 6.25. The Labute approximate surface area is 119 Å². The Bertz CT molecular complexity index is 447. The van der Waals surface area contributed by atoms with Crippen LogP contribution in [0.25, 0.3) is 0 Å². The number of anilines is 2. The Kier molecular flexibility index (Phi) is 5.54. The fraction of sp³-hybridized carbons (Fsp3) is 0.500. The molecule has 106 valence electrons. The first-order chi connectivity index (χ1) is 8.89. The van der Waals surface area contributed by atoms with Crippen LogP contribution in [0.15, 0.2) is 18.2 Å². The van der Waals surface area contributed by atoms with Gasteiger partial charge in [-0.1, -0.05) is 0 Å². The molecule has 5 heteroatoms. The number of benzene rings is 1. The molecule has 1 aromatic carbocycles. The van der Waals surface area contributed by atoms with Gasteiger partial charge in [0, 0.05) is 22.7 Å². The Hall–Kier alpha value is -1.36. The molecule has 3 N–H and O–H groups in total. The molecule has 0 aromatic heterocycles. The van der Waals surface area contributed by atoms with Gasteiger partial charge in [0.05, 0.1) is 12.2 Å². The van der Waals surface area contributed by atoms with E-state index in [2.05, 4.69) is 25.4 Å². The maximum atomic E-state index is 11.7. The molecule has 0 bridgehead atoms. The topological polar surface area (TPSA) is 64.3 Å². The summed E-state index contributed by atoms with van der Waals surface area (Å²) in [5.74, 6) is -0.382. The summed E-state index contributed by atoms with van der Waals surface area (Å²) < 4.78 is 5.11. The van der Waals surface area contributed by atoms with Crippen molar-refractivity contribution in [2.24, 2.45) is 0 Å². The number of rotatable bonds is 6. The molecule has 0 aliphatic carbocycles. The zero-order valence-corrected chi connectivity index (χ0v) is 12.8. The van der Waals surface area contributed by atoms with E-state index in [1.165, 1.54) is 0 Å². The van der Waals surface area contributed by atoms with Gasteiger partial charge >= 0.3 is 5.97 Å². The van der Waals surface area contributed by atoms with Crippen molar-refractivity contribution in [2.75, 3.05) is 30.5 Å². The molecule has 4 nitrogen and oxygen atoms in total. The molecule has 0 heterocycles. The van der Waals surface area contributed by atoms with Gasteiger partial charge < -0.3 is 15.8 Å². The van der Waals surface area contributed by atoms with Crippen molar-refractivity contribution >= 4 is 29.1 Å². The van der Waals surface area contributed by atoms with Crippen molar-refractivity contribution in [2.45, 2.75) is 25.5 Å². The lowest BCUT2D eigenvalue weighted by Gasteiger charge is -2.23. The van der Waals surface area contributed by atoms with Crippen LogP contribution >= 0.6 is 11.8 Å². The van der Waals surface area contributed by atoms with Gasteiger partial charge in [0.1, 0.15) is 0 Å². The van der Waals surface area contributed by atoms with Crippen LogP contribution < -0.4 is 11.1 Å². The van der Waals surface area contributed by atoms with E-state index in [0.717, 1.165) is 12.2 Å². The molecular weight excluding hydrogens is 260 g/mol. The molecule has 0 atom stereocenters. The molecule has 1 rings (SSSR count). The lowest BCUT2D eigenvalue weighted by Crippen LogP contribution is -2.26. The normalized spacial score (nSPS) is 11.2. The van der Waals surface area contributed by atoms with E-state index in [9.17, 15) is 4.79 Å². The van der Waals surface area contributed by atoms with E-state index in [-0.39, 0.29) is 10.7 Å². The molecule has 0 radical (unpaired) electrons. The smallest absolute Gasteiger partial charge is 0.340 e.